The monoisotopic (exact) mass is 261 g/mol. The Kier molecular flexibility index (Phi) is 4.83. The average molecular weight is 261 g/mol. The van der Waals surface area contributed by atoms with E-state index in [9.17, 15) is 0 Å². The Morgan fingerprint density at radius 1 is 1.11 bits per heavy atom. The molecule has 2 rings (SSSR count). The van der Waals surface area contributed by atoms with Crippen molar-refractivity contribution >= 4 is 5.69 Å². The Morgan fingerprint density at radius 2 is 1.68 bits per heavy atom. The zero-order valence-corrected chi connectivity index (χ0v) is 12.3. The van der Waals surface area contributed by atoms with E-state index in [0.717, 1.165) is 32.7 Å². The van der Waals surface area contributed by atoms with Crippen LogP contribution in [0, 0.1) is 0 Å². The number of para-hydroxylation sites is 1. The molecule has 0 radical (unpaired) electrons. The molecule has 1 fully saturated rings. The lowest BCUT2D eigenvalue weighted by molar-refractivity contribution is 0.0800. The van der Waals surface area contributed by atoms with Gasteiger partial charge in [-0.2, -0.15) is 0 Å². The molecule has 106 valence electrons. The van der Waals surface area contributed by atoms with Crippen molar-refractivity contribution in [1.29, 1.82) is 0 Å². The standard InChI is InChI=1S/C16H27N3/c1-3-19(4-2)16(14-17)10-12-18(13-11-16)15-8-6-5-7-9-15/h5-9H,3-4,10-14,17H2,1-2H3. The van der Waals surface area contributed by atoms with Crippen molar-refractivity contribution in [2.45, 2.75) is 32.2 Å². The number of nitrogens with zero attached hydrogens (tertiary/aromatic N) is 2. The summed E-state index contributed by atoms with van der Waals surface area (Å²) in [7, 11) is 0. The van der Waals surface area contributed by atoms with E-state index in [1.54, 1.807) is 0 Å². The summed E-state index contributed by atoms with van der Waals surface area (Å²) >= 11 is 0. The van der Waals surface area contributed by atoms with Gasteiger partial charge in [-0.15, -0.1) is 0 Å². The summed E-state index contributed by atoms with van der Waals surface area (Å²) < 4.78 is 0. The lowest BCUT2D eigenvalue weighted by atomic mass is 9.85. The smallest absolute Gasteiger partial charge is 0.0366 e. The predicted octanol–water partition coefficient (Wildman–Crippen LogP) is 2.33. The van der Waals surface area contributed by atoms with E-state index in [1.165, 1.54) is 18.5 Å². The molecule has 1 aromatic carbocycles. The van der Waals surface area contributed by atoms with E-state index in [0.29, 0.717) is 0 Å². The second-order valence-corrected chi connectivity index (χ2v) is 5.42. The fraction of sp³-hybridized carbons (Fsp3) is 0.625. The minimum Gasteiger partial charge on any atom is -0.371 e. The molecule has 0 aliphatic carbocycles. The fourth-order valence-electron chi connectivity index (χ4n) is 3.36. The van der Waals surface area contributed by atoms with Crippen molar-refractivity contribution in [3.8, 4) is 0 Å². The minimum atomic E-state index is 0.217. The number of rotatable bonds is 5. The fourth-order valence-corrected chi connectivity index (χ4v) is 3.36. The predicted molar refractivity (Wildman–Crippen MR) is 82.6 cm³/mol. The highest BCUT2D eigenvalue weighted by atomic mass is 15.2. The summed E-state index contributed by atoms with van der Waals surface area (Å²) in [6.45, 7) is 9.67. The van der Waals surface area contributed by atoms with Crippen LogP contribution in [0.2, 0.25) is 0 Å². The van der Waals surface area contributed by atoms with Gasteiger partial charge in [-0.1, -0.05) is 32.0 Å². The third kappa shape index (κ3) is 2.93. The molecule has 0 atom stereocenters. The van der Waals surface area contributed by atoms with Crippen molar-refractivity contribution in [2.75, 3.05) is 37.6 Å². The van der Waals surface area contributed by atoms with Crippen molar-refractivity contribution < 1.29 is 0 Å². The SMILES string of the molecule is CCN(CC)C1(CN)CCN(c2ccccc2)CC1. The van der Waals surface area contributed by atoms with Gasteiger partial charge in [0.15, 0.2) is 0 Å². The van der Waals surface area contributed by atoms with E-state index >= 15 is 0 Å². The van der Waals surface area contributed by atoms with Crippen LogP contribution in [0.3, 0.4) is 0 Å². The van der Waals surface area contributed by atoms with Crippen molar-refractivity contribution in [1.82, 2.24) is 4.90 Å². The first-order valence-electron chi connectivity index (χ1n) is 7.51. The van der Waals surface area contributed by atoms with Gasteiger partial charge in [-0.3, -0.25) is 4.90 Å². The maximum Gasteiger partial charge on any atom is 0.0366 e. The molecule has 3 heteroatoms. The van der Waals surface area contributed by atoms with Crippen LogP contribution in [0.15, 0.2) is 30.3 Å². The van der Waals surface area contributed by atoms with E-state index in [1.807, 2.05) is 0 Å². The second-order valence-electron chi connectivity index (χ2n) is 5.42. The highest BCUT2D eigenvalue weighted by molar-refractivity contribution is 5.46. The zero-order valence-electron chi connectivity index (χ0n) is 12.3. The molecule has 0 unspecified atom stereocenters. The number of hydrogen-bond donors (Lipinski definition) is 1. The first-order chi connectivity index (χ1) is 9.25. The number of benzene rings is 1. The molecule has 0 saturated carbocycles. The van der Waals surface area contributed by atoms with E-state index in [-0.39, 0.29) is 5.54 Å². The molecular weight excluding hydrogens is 234 g/mol. The Morgan fingerprint density at radius 3 is 2.16 bits per heavy atom. The zero-order chi connectivity index (χ0) is 13.7. The molecule has 1 aliphatic heterocycles. The van der Waals surface area contributed by atoms with Gasteiger partial charge in [0.25, 0.3) is 0 Å². The molecule has 19 heavy (non-hydrogen) atoms. The normalized spacial score (nSPS) is 18.8. The lowest BCUT2D eigenvalue weighted by Crippen LogP contribution is -2.59. The lowest BCUT2D eigenvalue weighted by Gasteiger charge is -2.48. The van der Waals surface area contributed by atoms with Crippen molar-refractivity contribution in [2.24, 2.45) is 5.73 Å². The number of piperidine rings is 1. The summed E-state index contributed by atoms with van der Waals surface area (Å²) in [6, 6.07) is 10.7. The van der Waals surface area contributed by atoms with Crippen molar-refractivity contribution in [3.63, 3.8) is 0 Å². The van der Waals surface area contributed by atoms with Crippen LogP contribution in [0.5, 0.6) is 0 Å². The van der Waals surface area contributed by atoms with Crippen LogP contribution in [0.4, 0.5) is 5.69 Å². The minimum absolute atomic E-state index is 0.217. The molecule has 1 aliphatic rings. The summed E-state index contributed by atoms with van der Waals surface area (Å²) in [5, 5.41) is 0. The molecule has 0 amide bonds. The van der Waals surface area contributed by atoms with Gasteiger partial charge in [0.1, 0.15) is 0 Å². The van der Waals surface area contributed by atoms with Gasteiger partial charge in [0, 0.05) is 30.9 Å². The second kappa shape index (κ2) is 6.40. The van der Waals surface area contributed by atoms with Crippen molar-refractivity contribution in [3.05, 3.63) is 30.3 Å². The highest BCUT2D eigenvalue weighted by Gasteiger charge is 2.37. The number of nitrogens with two attached hydrogens (primary N) is 1. The molecule has 0 aromatic heterocycles. The molecule has 1 heterocycles. The number of anilines is 1. The van der Waals surface area contributed by atoms with Gasteiger partial charge in [-0.05, 0) is 38.1 Å². The van der Waals surface area contributed by atoms with Gasteiger partial charge < -0.3 is 10.6 Å². The Balaban J connectivity index is 2.04. The molecule has 2 N–H and O–H groups in total. The largest absolute Gasteiger partial charge is 0.371 e. The summed E-state index contributed by atoms with van der Waals surface area (Å²) in [6.07, 6.45) is 2.33. The number of hydrogen-bond acceptors (Lipinski definition) is 3. The summed E-state index contributed by atoms with van der Waals surface area (Å²) in [5.74, 6) is 0. The average Bonchev–Trinajstić information content (AvgIpc) is 2.50. The topological polar surface area (TPSA) is 32.5 Å². The maximum atomic E-state index is 6.11. The Bertz CT molecular complexity index is 365. The third-order valence-corrected chi connectivity index (χ3v) is 4.63. The molecule has 1 aromatic rings. The molecular formula is C16H27N3. The van der Waals surface area contributed by atoms with Crippen LogP contribution in [0.1, 0.15) is 26.7 Å². The first-order valence-corrected chi connectivity index (χ1v) is 7.51. The summed E-state index contributed by atoms with van der Waals surface area (Å²) in [4.78, 5) is 5.03. The van der Waals surface area contributed by atoms with E-state index in [2.05, 4.69) is 54.0 Å². The Labute approximate surface area is 117 Å². The molecule has 3 nitrogen and oxygen atoms in total. The third-order valence-electron chi connectivity index (χ3n) is 4.63. The molecule has 0 spiro atoms. The van der Waals surface area contributed by atoms with Gasteiger partial charge in [-0.25, -0.2) is 0 Å². The van der Waals surface area contributed by atoms with Crippen LogP contribution in [-0.2, 0) is 0 Å². The summed E-state index contributed by atoms with van der Waals surface area (Å²) in [5.41, 5.74) is 7.67. The van der Waals surface area contributed by atoms with E-state index in [4.69, 9.17) is 5.73 Å². The maximum absolute atomic E-state index is 6.11. The van der Waals surface area contributed by atoms with Crippen LogP contribution in [-0.4, -0.2) is 43.2 Å². The highest BCUT2D eigenvalue weighted by Crippen LogP contribution is 2.30. The van der Waals surface area contributed by atoms with Crippen LogP contribution < -0.4 is 10.6 Å². The quantitative estimate of drug-likeness (QED) is 0.883. The molecule has 1 saturated heterocycles. The van der Waals surface area contributed by atoms with Gasteiger partial charge in [0.05, 0.1) is 0 Å². The van der Waals surface area contributed by atoms with Crippen LogP contribution in [0.25, 0.3) is 0 Å². The van der Waals surface area contributed by atoms with E-state index < -0.39 is 0 Å². The van der Waals surface area contributed by atoms with Gasteiger partial charge in [0.2, 0.25) is 0 Å². The Hall–Kier alpha value is -1.06. The first kappa shape index (κ1) is 14.4. The van der Waals surface area contributed by atoms with Gasteiger partial charge >= 0.3 is 0 Å². The van der Waals surface area contributed by atoms with Crippen LogP contribution >= 0.6 is 0 Å². The molecule has 0 bridgehead atoms. The number of likely N-dealkylation sites (N-methyl/N-ethyl adjacent to an activating group) is 1.